The maximum Gasteiger partial charge on any atom is 0.159 e. The Hall–Kier alpha value is -4.12. The Labute approximate surface area is 179 Å². The summed E-state index contributed by atoms with van der Waals surface area (Å²) in [6.45, 7) is 0. The van der Waals surface area contributed by atoms with Gasteiger partial charge < -0.3 is 14.6 Å². The van der Waals surface area contributed by atoms with Gasteiger partial charge in [-0.05, 0) is 47.5 Å². The summed E-state index contributed by atoms with van der Waals surface area (Å²) in [5.41, 5.74) is 6.67. The molecule has 5 rings (SSSR count). The highest BCUT2D eigenvalue weighted by atomic mass is 16.3. The van der Waals surface area contributed by atoms with Crippen LogP contribution in [-0.2, 0) is 12.8 Å². The molecule has 2 aromatic heterocycles. The van der Waals surface area contributed by atoms with Crippen LogP contribution in [0.15, 0.2) is 91.3 Å². The van der Waals surface area contributed by atoms with Crippen molar-refractivity contribution in [2.24, 2.45) is 0 Å². The highest BCUT2D eigenvalue weighted by Gasteiger charge is 2.13. The molecule has 3 aromatic carbocycles. The van der Waals surface area contributed by atoms with Gasteiger partial charge in [0.15, 0.2) is 5.65 Å². The third kappa shape index (κ3) is 4.12. The van der Waals surface area contributed by atoms with Crippen molar-refractivity contribution in [2.45, 2.75) is 12.8 Å². The summed E-state index contributed by atoms with van der Waals surface area (Å²) >= 11 is 0. The molecular weight excluding hydrogens is 386 g/mol. The molecule has 0 aliphatic carbocycles. The molecular formula is C26H21N3O2. The summed E-state index contributed by atoms with van der Waals surface area (Å²) in [6.07, 6.45) is 5.35. The van der Waals surface area contributed by atoms with Crippen LogP contribution in [0.2, 0.25) is 0 Å². The van der Waals surface area contributed by atoms with E-state index in [9.17, 15) is 10.2 Å². The molecule has 0 unspecified atom stereocenters. The third-order valence-electron chi connectivity index (χ3n) is 5.26. The largest absolute Gasteiger partial charge is 0.508 e. The first kappa shape index (κ1) is 18.9. The predicted molar refractivity (Wildman–Crippen MR) is 120 cm³/mol. The normalized spacial score (nSPS) is 11.1. The van der Waals surface area contributed by atoms with Gasteiger partial charge in [-0.2, -0.15) is 0 Å². The lowest BCUT2D eigenvalue weighted by Crippen LogP contribution is -2.00. The van der Waals surface area contributed by atoms with E-state index in [1.54, 1.807) is 24.3 Å². The summed E-state index contributed by atoms with van der Waals surface area (Å²) in [5.74, 6) is 0.486. The molecule has 0 fully saturated rings. The first-order valence-corrected chi connectivity index (χ1v) is 10.1. The number of hydrogen-bond donors (Lipinski definition) is 2. The molecule has 5 aromatic rings. The van der Waals surface area contributed by atoms with E-state index in [1.807, 2.05) is 59.3 Å². The average Bonchev–Trinajstić information content (AvgIpc) is 3.19. The highest BCUT2D eigenvalue weighted by Crippen LogP contribution is 2.24. The Kier molecular flexibility index (Phi) is 4.84. The lowest BCUT2D eigenvalue weighted by atomic mass is 10.1. The number of imidazole rings is 1. The summed E-state index contributed by atoms with van der Waals surface area (Å²) in [7, 11) is 0. The minimum absolute atomic E-state index is 0.230. The fraction of sp³-hybridized carbons (Fsp3) is 0.0769. The van der Waals surface area contributed by atoms with E-state index >= 15 is 0 Å². The van der Waals surface area contributed by atoms with Crippen LogP contribution in [0.1, 0.15) is 22.5 Å². The van der Waals surface area contributed by atoms with Gasteiger partial charge >= 0.3 is 0 Å². The number of nitrogens with zero attached hydrogens (tertiary/aromatic N) is 3. The number of aromatic nitrogens is 3. The molecule has 0 saturated heterocycles. The minimum atomic E-state index is 0.230. The van der Waals surface area contributed by atoms with Gasteiger partial charge in [0.2, 0.25) is 0 Å². The van der Waals surface area contributed by atoms with Crippen LogP contribution in [-0.4, -0.2) is 24.6 Å². The zero-order chi connectivity index (χ0) is 21.2. The van der Waals surface area contributed by atoms with Crippen molar-refractivity contribution in [3.63, 3.8) is 0 Å². The quantitative estimate of drug-likeness (QED) is 0.431. The summed E-state index contributed by atoms with van der Waals surface area (Å²) < 4.78 is 2.03. The van der Waals surface area contributed by atoms with Gasteiger partial charge in [0, 0.05) is 30.8 Å². The van der Waals surface area contributed by atoms with E-state index in [-0.39, 0.29) is 11.5 Å². The number of fused-ring (bicyclic) bond motifs is 1. The van der Waals surface area contributed by atoms with Gasteiger partial charge in [-0.15, -0.1) is 0 Å². The molecule has 5 heteroatoms. The number of aromatic hydroxyl groups is 2. The summed E-state index contributed by atoms with van der Waals surface area (Å²) in [5, 5.41) is 19.2. The van der Waals surface area contributed by atoms with Crippen LogP contribution in [0.3, 0.4) is 0 Å². The highest BCUT2D eigenvalue weighted by molar-refractivity contribution is 5.62. The van der Waals surface area contributed by atoms with Crippen molar-refractivity contribution in [2.75, 3.05) is 0 Å². The number of phenols is 2. The topological polar surface area (TPSA) is 70.7 Å². The molecule has 5 nitrogen and oxygen atoms in total. The zero-order valence-electron chi connectivity index (χ0n) is 16.8. The zero-order valence-corrected chi connectivity index (χ0v) is 16.8. The monoisotopic (exact) mass is 407 g/mol. The molecule has 31 heavy (non-hydrogen) atoms. The van der Waals surface area contributed by atoms with Crippen LogP contribution in [0, 0.1) is 0 Å². The van der Waals surface area contributed by atoms with Crippen molar-refractivity contribution in [1.82, 2.24) is 14.4 Å². The molecule has 152 valence electrons. The lowest BCUT2D eigenvalue weighted by Gasteiger charge is -2.08. The van der Waals surface area contributed by atoms with E-state index in [0.29, 0.717) is 12.8 Å². The Morgan fingerprint density at radius 3 is 2.00 bits per heavy atom. The molecule has 0 saturated carbocycles. The summed E-state index contributed by atoms with van der Waals surface area (Å²) in [4.78, 5) is 9.80. The van der Waals surface area contributed by atoms with Crippen molar-refractivity contribution in [1.29, 1.82) is 0 Å². The lowest BCUT2D eigenvalue weighted by molar-refractivity contribution is 0.474. The molecule has 0 spiro atoms. The molecule has 0 radical (unpaired) electrons. The minimum Gasteiger partial charge on any atom is -0.508 e. The maximum absolute atomic E-state index is 9.63. The second-order valence-corrected chi connectivity index (χ2v) is 7.59. The molecule has 0 aliphatic heterocycles. The standard InChI is InChI=1S/C26H21N3O2/c30-22-10-6-19(7-11-22)14-21-16-29-17-25(20-8-12-23(31)13-9-20)28-24(26(29)27-21)15-18-4-2-1-3-5-18/h1-13,16-17,30-31H,14-15H2. The van der Waals surface area contributed by atoms with Crippen LogP contribution in [0.4, 0.5) is 0 Å². The third-order valence-corrected chi connectivity index (χ3v) is 5.26. The smallest absolute Gasteiger partial charge is 0.159 e. The SMILES string of the molecule is Oc1ccc(Cc2cn3cc(-c4ccc(O)cc4)nc(Cc4ccccc4)c3n2)cc1. The molecule has 0 atom stereocenters. The second kappa shape index (κ2) is 7.95. The van der Waals surface area contributed by atoms with Crippen LogP contribution in [0.5, 0.6) is 11.5 Å². The van der Waals surface area contributed by atoms with E-state index in [1.165, 1.54) is 5.56 Å². The number of hydrogen-bond acceptors (Lipinski definition) is 4. The van der Waals surface area contributed by atoms with Crippen molar-refractivity contribution < 1.29 is 10.2 Å². The number of phenolic OH excluding ortho intramolecular Hbond substituents is 2. The Balaban J connectivity index is 1.59. The van der Waals surface area contributed by atoms with Crippen LogP contribution >= 0.6 is 0 Å². The fourth-order valence-corrected chi connectivity index (χ4v) is 3.70. The second-order valence-electron chi connectivity index (χ2n) is 7.59. The summed E-state index contributed by atoms with van der Waals surface area (Å²) in [6, 6.07) is 24.5. The molecule has 0 bridgehead atoms. The van der Waals surface area contributed by atoms with Gasteiger partial charge in [0.25, 0.3) is 0 Å². The fourth-order valence-electron chi connectivity index (χ4n) is 3.70. The van der Waals surface area contributed by atoms with Gasteiger partial charge in [-0.3, -0.25) is 0 Å². The predicted octanol–water partition coefficient (Wildman–Crippen LogP) is 4.99. The number of benzene rings is 3. The van der Waals surface area contributed by atoms with Crippen molar-refractivity contribution in [3.05, 3.63) is 114 Å². The molecule has 0 amide bonds. The Bertz CT molecular complexity index is 1330. The van der Waals surface area contributed by atoms with Crippen molar-refractivity contribution in [3.8, 4) is 22.8 Å². The maximum atomic E-state index is 9.63. The van der Waals surface area contributed by atoms with Gasteiger partial charge in [-0.1, -0.05) is 42.5 Å². The Morgan fingerprint density at radius 2 is 1.29 bits per heavy atom. The van der Waals surface area contributed by atoms with E-state index in [2.05, 4.69) is 12.1 Å². The molecule has 0 aliphatic rings. The van der Waals surface area contributed by atoms with Crippen LogP contribution in [0.25, 0.3) is 16.9 Å². The van der Waals surface area contributed by atoms with Gasteiger partial charge in [0.1, 0.15) is 11.5 Å². The molecule has 2 N–H and O–H groups in total. The van der Waals surface area contributed by atoms with Crippen LogP contribution < -0.4 is 0 Å². The first-order valence-electron chi connectivity index (χ1n) is 10.1. The first-order chi connectivity index (χ1) is 15.1. The van der Waals surface area contributed by atoms with E-state index < -0.39 is 0 Å². The average molecular weight is 407 g/mol. The van der Waals surface area contributed by atoms with E-state index in [0.717, 1.165) is 33.9 Å². The van der Waals surface area contributed by atoms with Gasteiger partial charge in [0.05, 0.1) is 17.1 Å². The van der Waals surface area contributed by atoms with Crippen molar-refractivity contribution >= 4 is 5.65 Å². The number of rotatable bonds is 5. The van der Waals surface area contributed by atoms with E-state index in [4.69, 9.17) is 9.97 Å². The molecule has 2 heterocycles. The Morgan fingerprint density at radius 1 is 0.645 bits per heavy atom. The van der Waals surface area contributed by atoms with Gasteiger partial charge in [-0.25, -0.2) is 9.97 Å².